The molecule has 105 heavy (non-hydrogen) atoms. The lowest BCUT2D eigenvalue weighted by molar-refractivity contribution is -0.140. The predicted octanol–water partition coefficient (Wildman–Crippen LogP) is 21.9. The Morgan fingerprint density at radius 1 is 0.352 bits per heavy atom. The average molecular weight is 1530 g/mol. The molecule has 0 heterocycles. The minimum atomic E-state index is -1.03. The van der Waals surface area contributed by atoms with Crippen LogP contribution in [0.3, 0.4) is 0 Å². The largest absolute Gasteiger partial charge is 0.480 e. The number of rotatable bonds is 21. The molecule has 8 nitrogen and oxygen atoms in total. The van der Waals surface area contributed by atoms with Gasteiger partial charge in [-0.15, -0.1) is 0 Å². The Morgan fingerprint density at radius 3 is 0.752 bits per heavy atom. The molecule has 4 saturated carbocycles. The second-order valence-electron chi connectivity index (χ2n) is 29.0. The molecular formula is C91H124N2O6S6+6. The monoisotopic (exact) mass is 1530 g/mol. The Hall–Kier alpha value is -5.97. The van der Waals surface area contributed by atoms with Gasteiger partial charge in [-0.05, 0) is 242 Å². The maximum Gasteiger partial charge on any atom is 0.408 e. The average Bonchev–Trinajstić information content (AvgIpc) is 1.83. The van der Waals surface area contributed by atoms with Gasteiger partial charge in [-0.2, -0.15) is 0 Å². The van der Waals surface area contributed by atoms with E-state index in [0.717, 1.165) is 32.5 Å². The second-order valence-corrected chi connectivity index (χ2v) is 42.9. The molecule has 14 heteroatoms. The van der Waals surface area contributed by atoms with Crippen LogP contribution in [0.25, 0.3) is 0 Å². The highest BCUT2D eigenvalue weighted by atomic mass is 32.2. The van der Waals surface area contributed by atoms with E-state index in [-0.39, 0.29) is 54.5 Å². The normalized spacial score (nSPS) is 16.0. The number of nitrogens with two attached hydrogens (primary N) is 1. The van der Waals surface area contributed by atoms with Gasteiger partial charge in [-0.3, -0.25) is 4.79 Å². The molecule has 5 N–H and O–H groups in total. The fourth-order valence-corrected chi connectivity index (χ4v) is 26.1. The molecule has 0 aromatic heterocycles. The van der Waals surface area contributed by atoms with E-state index in [1.807, 2.05) is 12.5 Å². The summed E-state index contributed by atoms with van der Waals surface area (Å²) in [7, 11) is 1.49. The third-order valence-electron chi connectivity index (χ3n) is 19.0. The molecule has 4 aliphatic rings. The molecule has 12 rings (SSSR count). The van der Waals surface area contributed by atoms with Gasteiger partial charge in [0.25, 0.3) is 0 Å². The van der Waals surface area contributed by atoms with Crippen molar-refractivity contribution in [3.63, 3.8) is 0 Å². The molecular weight excluding hydrogens is 1410 g/mol. The number of carboxylic acids is 2. The minimum absolute atomic E-state index is 0.158. The summed E-state index contributed by atoms with van der Waals surface area (Å²) < 4.78 is 5.01. The van der Waals surface area contributed by atoms with Gasteiger partial charge in [0.05, 0.1) is 68.6 Å². The van der Waals surface area contributed by atoms with Crippen molar-refractivity contribution in [1.82, 2.24) is 5.32 Å². The van der Waals surface area contributed by atoms with Crippen molar-refractivity contribution in [2.45, 2.75) is 253 Å². The molecule has 8 aromatic carbocycles. The van der Waals surface area contributed by atoms with E-state index in [2.05, 4.69) is 260 Å². The number of ether oxygens (including phenoxy) is 1. The molecule has 0 radical (unpaired) electrons. The Labute approximate surface area is 650 Å². The number of hydrogen-bond acceptors (Lipinski definition) is 5. The quantitative estimate of drug-likeness (QED) is 0.0415. The number of nitrogens with one attached hydrogen (secondary N) is 1. The van der Waals surface area contributed by atoms with Gasteiger partial charge in [0.1, 0.15) is 50.2 Å². The molecule has 4 aliphatic carbocycles. The molecule has 0 bridgehead atoms. The van der Waals surface area contributed by atoms with Crippen LogP contribution in [0.2, 0.25) is 0 Å². The van der Waals surface area contributed by atoms with Crippen molar-refractivity contribution < 1.29 is 29.3 Å². The first-order valence-corrected chi connectivity index (χ1v) is 48.1. The summed E-state index contributed by atoms with van der Waals surface area (Å²) in [5, 5.41) is 23.1. The van der Waals surface area contributed by atoms with Gasteiger partial charge in [-0.25, -0.2) is 9.59 Å². The number of carbonyl (C=O) groups is 3. The van der Waals surface area contributed by atoms with Crippen molar-refractivity contribution in [3.05, 3.63) is 243 Å². The number of carbonyl (C=O) groups excluding carboxylic acids is 1. The number of alkyl carbamates (subject to hydrolysis) is 1. The standard InChI is InChI=1S/C20H25S.C19H23S.C18H21S.C17H19S.C11H21NO4S.C6H13NO2S/c1-2-6-12-18(13-7-3-1)21(19-14-8-4-9-15-19)20-16-10-5-11-17-20;1-2-6-12-17(11-5-1)20(18-13-7-3-8-14-18)19-15-9-4-10-16-19;1-4-10-16(11-5-1)19(17-12-6-2-7-13-17)18-14-8-3-9-15-18;1-3-9-15(10-4-1)18(17-13-7-8-14-17)16-11-5-2-6-12-16;1-11(2,3)16-10(15)12-8(9(13)14)6-7-17(4)5;1-10(2)4-3-5(7)6(8)9/h4-5,8-11,14-18H,1-3,6-7,12-13H2;3-4,7-10,13-17H,1-2,5-6,11-12H2;1-2,4-7,10-13,18H,3,8-9,14-15H2;1-6,9-12,17H,7-8,13-14H2;8H,6-7H2,1-5H3,(H-,12,13,14,15);5H,3-4,7H2,1-2H3/q4*+1;;/p+2. The highest BCUT2D eigenvalue weighted by Crippen LogP contribution is 2.39. The molecule has 8 aromatic rings. The molecule has 4 fully saturated rings. The lowest BCUT2D eigenvalue weighted by atomic mass is 10.0. The Bertz CT molecular complexity index is 3400. The van der Waals surface area contributed by atoms with Crippen molar-refractivity contribution in [2.24, 2.45) is 5.73 Å². The SMILES string of the molecule is C[S+](C)CCC(N)C(=O)O.C[S+](C)CCC(NC(=O)OC(C)(C)C)C(=O)O.c1ccc([S+](c2ccccc2)C2CCCC2)cc1.c1ccc([S+](c2ccccc2)C2CCCCC2)cc1.c1ccc([S+](c2ccccc2)C2CCCCCC2)cc1.c1ccc([S+](c2ccccc2)C2CCCCCCC2)cc1. The van der Waals surface area contributed by atoms with Crippen LogP contribution in [-0.2, 0) is 79.7 Å². The fraction of sp³-hybridized carbons (Fsp3) is 0.440. The first kappa shape index (κ1) is 86.3. The van der Waals surface area contributed by atoms with Crippen molar-refractivity contribution >= 4 is 83.4 Å². The maximum atomic E-state index is 11.4. The zero-order valence-corrected chi connectivity index (χ0v) is 68.9. The van der Waals surface area contributed by atoms with Gasteiger partial charge >= 0.3 is 18.0 Å². The molecule has 0 saturated heterocycles. The topological polar surface area (TPSA) is 139 Å². The summed E-state index contributed by atoms with van der Waals surface area (Å²) in [4.78, 5) is 44.7. The van der Waals surface area contributed by atoms with Crippen LogP contribution in [0, 0.1) is 0 Å². The van der Waals surface area contributed by atoms with Crippen LogP contribution in [-0.4, -0.2) is 103 Å². The zero-order valence-electron chi connectivity index (χ0n) is 64.0. The van der Waals surface area contributed by atoms with Gasteiger partial charge < -0.3 is 26.0 Å². The molecule has 1 amide bonds. The number of aliphatic carboxylic acids is 2. The summed E-state index contributed by atoms with van der Waals surface area (Å²) in [6.07, 6.45) is 39.6. The van der Waals surface area contributed by atoms with Crippen molar-refractivity contribution in [2.75, 3.05) is 36.5 Å². The maximum absolute atomic E-state index is 11.4. The van der Waals surface area contributed by atoms with E-state index in [4.69, 9.17) is 20.7 Å². The van der Waals surface area contributed by atoms with Gasteiger partial charge in [0.2, 0.25) is 0 Å². The third kappa shape index (κ3) is 32.4. The molecule has 0 aliphatic heterocycles. The van der Waals surface area contributed by atoms with E-state index in [1.165, 1.54) is 180 Å². The van der Waals surface area contributed by atoms with E-state index in [1.54, 1.807) is 20.8 Å². The minimum Gasteiger partial charge on any atom is -0.480 e. The van der Waals surface area contributed by atoms with E-state index >= 15 is 0 Å². The molecule has 2 unspecified atom stereocenters. The van der Waals surface area contributed by atoms with Crippen molar-refractivity contribution in [1.29, 1.82) is 0 Å². The first-order valence-electron chi connectivity index (χ1n) is 38.6. The van der Waals surface area contributed by atoms with Crippen LogP contribution in [0.5, 0.6) is 0 Å². The molecule has 2 atom stereocenters. The molecule has 0 spiro atoms. The third-order valence-corrected chi connectivity index (χ3v) is 31.9. The number of amides is 1. The van der Waals surface area contributed by atoms with Crippen LogP contribution < -0.4 is 11.1 Å². The first-order chi connectivity index (χ1) is 50.9. The smallest absolute Gasteiger partial charge is 0.408 e. The number of carboxylic acid groups (broad SMARTS) is 2. The van der Waals surface area contributed by atoms with E-state index in [0.29, 0.717) is 23.7 Å². The Morgan fingerprint density at radius 2 is 0.552 bits per heavy atom. The van der Waals surface area contributed by atoms with Crippen LogP contribution in [0.1, 0.15) is 175 Å². The second kappa shape index (κ2) is 49.2. The molecule has 564 valence electrons. The highest BCUT2D eigenvalue weighted by Gasteiger charge is 2.40. The van der Waals surface area contributed by atoms with Gasteiger partial charge in [-0.1, -0.05) is 184 Å². The van der Waals surface area contributed by atoms with E-state index < -0.39 is 35.7 Å². The highest BCUT2D eigenvalue weighted by molar-refractivity contribution is 7.98. The summed E-state index contributed by atoms with van der Waals surface area (Å²) in [6, 6.07) is 87.4. The van der Waals surface area contributed by atoms with Crippen molar-refractivity contribution in [3.8, 4) is 0 Å². The summed E-state index contributed by atoms with van der Waals surface area (Å²) in [5.74, 6) is -0.244. The number of hydrogen-bond donors (Lipinski definition) is 4. The van der Waals surface area contributed by atoms with Crippen LogP contribution in [0.15, 0.2) is 282 Å². The summed E-state index contributed by atoms with van der Waals surface area (Å²) in [5.41, 5.74) is 4.65. The zero-order chi connectivity index (χ0) is 74.9. The number of benzene rings is 8. The van der Waals surface area contributed by atoms with Gasteiger partial charge in [0, 0.05) is 12.8 Å². The Balaban J connectivity index is 0.000000178. The van der Waals surface area contributed by atoms with Gasteiger partial charge in [0.15, 0.2) is 39.2 Å². The lowest BCUT2D eigenvalue weighted by Gasteiger charge is -2.22. The Kier molecular flexibility index (Phi) is 40.4. The fourth-order valence-electron chi connectivity index (χ4n) is 13.7. The van der Waals surface area contributed by atoms with Crippen LogP contribution >= 0.6 is 0 Å². The van der Waals surface area contributed by atoms with E-state index in [9.17, 15) is 14.4 Å². The lowest BCUT2D eigenvalue weighted by Crippen LogP contribution is -2.44. The van der Waals surface area contributed by atoms with Crippen LogP contribution in [0.4, 0.5) is 4.79 Å². The summed E-state index contributed by atoms with van der Waals surface area (Å²) in [6.45, 7) is 5.20. The summed E-state index contributed by atoms with van der Waals surface area (Å²) >= 11 is 0. The predicted molar refractivity (Wildman–Crippen MR) is 458 cm³/mol.